The number of rotatable bonds is 4. The van der Waals surface area contributed by atoms with E-state index < -0.39 is 29.1 Å². The molecular weight excluding hydrogens is 439 g/mol. The molecule has 7 nitrogen and oxygen atoms in total. The Balaban J connectivity index is 2.02. The van der Waals surface area contributed by atoms with Crippen LogP contribution >= 0.6 is 0 Å². The lowest BCUT2D eigenvalue weighted by Crippen LogP contribution is -2.49. The van der Waals surface area contributed by atoms with Crippen LogP contribution in [-0.4, -0.2) is 31.5 Å². The molecule has 2 N–H and O–H groups in total. The van der Waals surface area contributed by atoms with Gasteiger partial charge >= 0.3 is 12.2 Å². The molecule has 0 aromatic heterocycles. The van der Waals surface area contributed by atoms with Gasteiger partial charge in [0.05, 0.1) is 18.2 Å². The number of hydrogen-bond donors (Lipinski definition) is 2. The summed E-state index contributed by atoms with van der Waals surface area (Å²) in [5, 5.41) is 4.82. The van der Waals surface area contributed by atoms with Crippen LogP contribution in [-0.2, 0) is 16.4 Å². The molecule has 0 atom stereocenters. The molecule has 0 unspecified atom stereocenters. The van der Waals surface area contributed by atoms with Crippen LogP contribution in [0.3, 0.4) is 0 Å². The molecule has 0 bridgehead atoms. The van der Waals surface area contributed by atoms with E-state index in [1.54, 1.807) is 6.07 Å². The highest BCUT2D eigenvalue weighted by Crippen LogP contribution is 2.38. The van der Waals surface area contributed by atoms with Gasteiger partial charge in [0.15, 0.2) is 0 Å². The Morgan fingerprint density at radius 3 is 2.24 bits per heavy atom. The van der Waals surface area contributed by atoms with Crippen molar-refractivity contribution in [3.8, 4) is 5.75 Å². The van der Waals surface area contributed by atoms with Crippen molar-refractivity contribution >= 4 is 29.2 Å². The van der Waals surface area contributed by atoms with Gasteiger partial charge in [-0.15, -0.1) is 0 Å². The first-order valence-corrected chi connectivity index (χ1v) is 10.1. The van der Waals surface area contributed by atoms with Gasteiger partial charge in [-0.05, 0) is 41.8 Å². The summed E-state index contributed by atoms with van der Waals surface area (Å²) < 4.78 is 44.0. The van der Waals surface area contributed by atoms with Gasteiger partial charge in [-0.1, -0.05) is 20.8 Å². The molecule has 176 valence electrons. The normalized spacial score (nSPS) is 14.7. The van der Waals surface area contributed by atoms with Gasteiger partial charge in [-0.3, -0.25) is 19.8 Å². The Morgan fingerprint density at radius 1 is 1.09 bits per heavy atom. The van der Waals surface area contributed by atoms with Crippen LogP contribution < -0.4 is 20.3 Å². The van der Waals surface area contributed by atoms with Crippen molar-refractivity contribution in [3.63, 3.8) is 0 Å². The van der Waals surface area contributed by atoms with Gasteiger partial charge in [0.25, 0.3) is 5.91 Å². The second-order valence-corrected chi connectivity index (χ2v) is 8.61. The second-order valence-electron chi connectivity index (χ2n) is 8.61. The summed E-state index contributed by atoms with van der Waals surface area (Å²) in [6, 6.07) is 6.64. The molecule has 3 rings (SSSR count). The fraction of sp³-hybridized carbons (Fsp3) is 0.348. The average molecular weight is 463 g/mol. The standard InChI is InChI=1S/C23H24F3N3O4/c1-22(2,3)17-12-15(29-10-9-18(30)28-21(29)32)11-16(19(17)33-4)20(31)27-14-7-5-13(6-8-14)23(24,25)26/h5-8,11-12H,9-10H2,1-4H3,(H,27,31)(H,28,30,32). The lowest BCUT2D eigenvalue weighted by atomic mass is 9.84. The van der Waals surface area contributed by atoms with E-state index in [1.807, 2.05) is 20.8 Å². The molecule has 1 heterocycles. The molecule has 1 fully saturated rings. The Bertz CT molecular complexity index is 1090. The van der Waals surface area contributed by atoms with Crippen LogP contribution in [0.15, 0.2) is 36.4 Å². The zero-order valence-corrected chi connectivity index (χ0v) is 18.6. The van der Waals surface area contributed by atoms with E-state index in [1.165, 1.54) is 18.1 Å². The van der Waals surface area contributed by atoms with Crippen molar-refractivity contribution in [2.75, 3.05) is 23.9 Å². The van der Waals surface area contributed by atoms with E-state index in [9.17, 15) is 27.6 Å². The van der Waals surface area contributed by atoms with Crippen LogP contribution in [0.4, 0.5) is 29.3 Å². The maximum absolute atomic E-state index is 13.1. The highest BCUT2D eigenvalue weighted by atomic mass is 19.4. The van der Waals surface area contributed by atoms with Crippen molar-refractivity contribution in [1.29, 1.82) is 0 Å². The molecule has 10 heteroatoms. The number of alkyl halides is 3. The number of amides is 4. The number of ether oxygens (including phenoxy) is 1. The Kier molecular flexibility index (Phi) is 6.40. The molecule has 1 aliphatic rings. The minimum Gasteiger partial charge on any atom is -0.496 e. The third-order valence-electron chi connectivity index (χ3n) is 5.17. The number of urea groups is 1. The average Bonchev–Trinajstić information content (AvgIpc) is 2.72. The number of nitrogens with zero attached hydrogens (tertiary/aromatic N) is 1. The molecule has 0 saturated carbocycles. The van der Waals surface area contributed by atoms with Crippen molar-refractivity contribution in [1.82, 2.24) is 5.32 Å². The summed E-state index contributed by atoms with van der Waals surface area (Å²) in [6.45, 7) is 5.87. The Labute approximate surface area is 188 Å². The SMILES string of the molecule is COc1c(C(=O)Nc2ccc(C(F)(F)F)cc2)cc(N2CCC(=O)NC2=O)cc1C(C)(C)C. The molecule has 0 spiro atoms. The summed E-state index contributed by atoms with van der Waals surface area (Å²) in [7, 11) is 1.41. The van der Waals surface area contributed by atoms with E-state index in [2.05, 4.69) is 10.6 Å². The highest BCUT2D eigenvalue weighted by Gasteiger charge is 2.31. The Hall–Kier alpha value is -3.56. The second kappa shape index (κ2) is 8.76. The zero-order valence-electron chi connectivity index (χ0n) is 18.6. The first-order chi connectivity index (χ1) is 15.3. The fourth-order valence-electron chi connectivity index (χ4n) is 3.47. The van der Waals surface area contributed by atoms with E-state index in [0.717, 1.165) is 24.3 Å². The van der Waals surface area contributed by atoms with E-state index in [4.69, 9.17) is 4.74 Å². The first kappa shape index (κ1) is 24.1. The van der Waals surface area contributed by atoms with Crippen LogP contribution in [0.5, 0.6) is 5.75 Å². The van der Waals surface area contributed by atoms with Crippen LogP contribution in [0.25, 0.3) is 0 Å². The number of anilines is 2. The number of carbonyl (C=O) groups excluding carboxylic acids is 3. The topological polar surface area (TPSA) is 87.7 Å². The molecule has 0 aliphatic carbocycles. The minimum absolute atomic E-state index is 0.101. The summed E-state index contributed by atoms with van der Waals surface area (Å²) in [4.78, 5) is 38.4. The lowest BCUT2D eigenvalue weighted by molar-refractivity contribution is -0.137. The quantitative estimate of drug-likeness (QED) is 0.688. The predicted molar refractivity (Wildman–Crippen MR) is 117 cm³/mol. The van der Waals surface area contributed by atoms with Crippen molar-refractivity contribution in [3.05, 3.63) is 53.1 Å². The number of carbonyl (C=O) groups is 3. The number of benzene rings is 2. The van der Waals surface area contributed by atoms with Crippen molar-refractivity contribution < 1.29 is 32.3 Å². The van der Waals surface area contributed by atoms with Crippen LogP contribution in [0, 0.1) is 0 Å². The number of nitrogens with one attached hydrogen (secondary N) is 2. The molecule has 2 aromatic carbocycles. The van der Waals surface area contributed by atoms with Gasteiger partial charge in [0.2, 0.25) is 5.91 Å². The molecule has 1 aliphatic heterocycles. The Morgan fingerprint density at radius 2 is 1.73 bits per heavy atom. The molecule has 1 saturated heterocycles. The van der Waals surface area contributed by atoms with E-state index >= 15 is 0 Å². The number of halogens is 3. The van der Waals surface area contributed by atoms with Crippen molar-refractivity contribution in [2.24, 2.45) is 0 Å². The minimum atomic E-state index is -4.49. The molecule has 2 aromatic rings. The molecular formula is C23H24F3N3O4. The van der Waals surface area contributed by atoms with Gasteiger partial charge in [0.1, 0.15) is 5.75 Å². The van der Waals surface area contributed by atoms with Crippen LogP contribution in [0.1, 0.15) is 48.7 Å². The van der Waals surface area contributed by atoms with Gasteiger partial charge in [-0.25, -0.2) is 4.79 Å². The zero-order chi connectivity index (χ0) is 24.6. The lowest BCUT2D eigenvalue weighted by Gasteiger charge is -2.30. The molecule has 4 amide bonds. The number of methoxy groups -OCH3 is 1. The van der Waals surface area contributed by atoms with Crippen molar-refractivity contribution in [2.45, 2.75) is 38.8 Å². The third kappa shape index (κ3) is 5.27. The van der Waals surface area contributed by atoms with E-state index in [0.29, 0.717) is 11.3 Å². The summed E-state index contributed by atoms with van der Waals surface area (Å²) >= 11 is 0. The maximum Gasteiger partial charge on any atom is 0.416 e. The predicted octanol–water partition coefficient (Wildman–Crippen LogP) is 4.71. The summed E-state index contributed by atoms with van der Waals surface area (Å²) in [5.74, 6) is -0.724. The van der Waals surface area contributed by atoms with E-state index in [-0.39, 0.29) is 35.9 Å². The van der Waals surface area contributed by atoms with Gasteiger partial charge in [0, 0.05) is 29.9 Å². The summed E-state index contributed by atoms with van der Waals surface area (Å²) in [5.41, 5.74) is -0.00951. The first-order valence-electron chi connectivity index (χ1n) is 10.1. The van der Waals surface area contributed by atoms with Gasteiger partial charge < -0.3 is 10.1 Å². The highest BCUT2D eigenvalue weighted by molar-refractivity contribution is 6.09. The summed E-state index contributed by atoms with van der Waals surface area (Å²) in [6.07, 6.45) is -4.38. The largest absolute Gasteiger partial charge is 0.496 e. The smallest absolute Gasteiger partial charge is 0.416 e. The number of imide groups is 1. The third-order valence-corrected chi connectivity index (χ3v) is 5.17. The maximum atomic E-state index is 13.1. The molecule has 0 radical (unpaired) electrons. The van der Waals surface area contributed by atoms with Crippen LogP contribution in [0.2, 0.25) is 0 Å². The molecule has 33 heavy (non-hydrogen) atoms. The number of hydrogen-bond acceptors (Lipinski definition) is 4. The van der Waals surface area contributed by atoms with Gasteiger partial charge in [-0.2, -0.15) is 13.2 Å². The fourth-order valence-corrected chi connectivity index (χ4v) is 3.47. The monoisotopic (exact) mass is 463 g/mol.